The lowest BCUT2D eigenvalue weighted by atomic mass is 10.1. The molecular weight excluding hydrogens is 252 g/mol. The van der Waals surface area contributed by atoms with Crippen molar-refractivity contribution >= 4 is 45.4 Å². The number of fused-ring (bicyclic) bond motifs is 1. The standard InChI is InChI=1S/C11H4Cl3N/c12-8(5-15)9-6-3-1-2-4-7(6)10(13)11(9)14/h1-4H/b9-8-. The Morgan fingerprint density at radius 3 is 2.27 bits per heavy atom. The van der Waals surface area contributed by atoms with Gasteiger partial charge in [0.15, 0.2) is 0 Å². The summed E-state index contributed by atoms with van der Waals surface area (Å²) in [7, 11) is 0. The smallest absolute Gasteiger partial charge is 0.127 e. The summed E-state index contributed by atoms with van der Waals surface area (Å²) in [6.45, 7) is 0. The molecule has 1 aromatic carbocycles. The lowest BCUT2D eigenvalue weighted by Crippen LogP contribution is -1.83. The van der Waals surface area contributed by atoms with E-state index in [1.165, 1.54) is 0 Å². The fraction of sp³-hybridized carbons (Fsp3) is 0. The van der Waals surface area contributed by atoms with Crippen molar-refractivity contribution in [2.24, 2.45) is 0 Å². The summed E-state index contributed by atoms with van der Waals surface area (Å²) in [6, 6.07) is 9.25. The molecule has 0 fully saturated rings. The lowest BCUT2D eigenvalue weighted by molar-refractivity contribution is 1.52. The summed E-state index contributed by atoms with van der Waals surface area (Å²) in [5, 5.41) is 9.60. The normalized spacial score (nSPS) is 17.5. The monoisotopic (exact) mass is 255 g/mol. The van der Waals surface area contributed by atoms with Gasteiger partial charge < -0.3 is 0 Å². The number of hydrogen-bond acceptors (Lipinski definition) is 1. The minimum Gasteiger partial charge on any atom is -0.191 e. The first-order valence-electron chi connectivity index (χ1n) is 4.12. The van der Waals surface area contributed by atoms with E-state index in [-0.39, 0.29) is 5.03 Å². The van der Waals surface area contributed by atoms with Crippen LogP contribution in [0.5, 0.6) is 0 Å². The third-order valence-electron chi connectivity index (χ3n) is 2.16. The van der Waals surface area contributed by atoms with Crippen molar-refractivity contribution in [3.8, 4) is 6.07 Å². The molecule has 2 rings (SSSR count). The zero-order valence-electron chi connectivity index (χ0n) is 7.39. The minimum atomic E-state index is 0.0584. The molecule has 0 atom stereocenters. The van der Waals surface area contributed by atoms with E-state index in [1.807, 2.05) is 30.3 Å². The van der Waals surface area contributed by atoms with E-state index < -0.39 is 0 Å². The molecular formula is C11H4Cl3N. The number of nitriles is 1. The van der Waals surface area contributed by atoms with Gasteiger partial charge in [-0.3, -0.25) is 0 Å². The van der Waals surface area contributed by atoms with E-state index in [0.717, 1.165) is 11.1 Å². The highest BCUT2D eigenvalue weighted by atomic mass is 35.5. The number of halogens is 3. The second-order valence-electron chi connectivity index (χ2n) is 2.97. The van der Waals surface area contributed by atoms with Crippen LogP contribution in [0.2, 0.25) is 0 Å². The average Bonchev–Trinajstić information content (AvgIpc) is 2.52. The van der Waals surface area contributed by atoms with Crippen molar-refractivity contribution in [1.29, 1.82) is 5.26 Å². The third-order valence-corrected chi connectivity index (χ3v) is 3.30. The van der Waals surface area contributed by atoms with Gasteiger partial charge >= 0.3 is 0 Å². The van der Waals surface area contributed by atoms with Gasteiger partial charge in [-0.15, -0.1) is 0 Å². The molecule has 0 amide bonds. The van der Waals surface area contributed by atoms with Gasteiger partial charge in [0, 0.05) is 11.1 Å². The fourth-order valence-electron chi connectivity index (χ4n) is 1.51. The molecule has 0 radical (unpaired) electrons. The number of benzene rings is 1. The lowest BCUT2D eigenvalue weighted by Gasteiger charge is -2.00. The van der Waals surface area contributed by atoms with E-state index in [2.05, 4.69) is 0 Å². The van der Waals surface area contributed by atoms with Gasteiger partial charge in [-0.2, -0.15) is 5.26 Å². The largest absolute Gasteiger partial charge is 0.191 e. The minimum absolute atomic E-state index is 0.0584. The van der Waals surface area contributed by atoms with Crippen molar-refractivity contribution in [2.75, 3.05) is 0 Å². The third kappa shape index (κ3) is 1.55. The molecule has 0 aliphatic heterocycles. The maximum atomic E-state index is 8.76. The van der Waals surface area contributed by atoms with Crippen LogP contribution in [0.15, 0.2) is 34.3 Å². The van der Waals surface area contributed by atoms with E-state index in [0.29, 0.717) is 15.6 Å². The molecule has 1 aromatic rings. The van der Waals surface area contributed by atoms with Gasteiger partial charge in [-0.25, -0.2) is 0 Å². The summed E-state index contributed by atoms with van der Waals surface area (Å²) < 4.78 is 0. The zero-order valence-corrected chi connectivity index (χ0v) is 9.66. The van der Waals surface area contributed by atoms with Crippen LogP contribution in [0.3, 0.4) is 0 Å². The van der Waals surface area contributed by atoms with Crippen molar-refractivity contribution in [2.45, 2.75) is 0 Å². The number of allylic oxidation sites excluding steroid dienone is 3. The Hall–Kier alpha value is -0.940. The molecule has 0 spiro atoms. The van der Waals surface area contributed by atoms with Gasteiger partial charge in [0.05, 0.1) is 10.1 Å². The summed E-state index contributed by atoms with van der Waals surface area (Å²) >= 11 is 17.9. The van der Waals surface area contributed by atoms with Gasteiger partial charge in [-0.1, -0.05) is 59.1 Å². The zero-order chi connectivity index (χ0) is 11.0. The quantitative estimate of drug-likeness (QED) is 0.634. The van der Waals surface area contributed by atoms with E-state index in [9.17, 15) is 0 Å². The van der Waals surface area contributed by atoms with Crippen LogP contribution in [0, 0.1) is 11.3 Å². The Morgan fingerprint density at radius 1 is 1.07 bits per heavy atom. The number of nitrogens with zero attached hydrogens (tertiary/aromatic N) is 1. The molecule has 74 valence electrons. The van der Waals surface area contributed by atoms with Crippen molar-refractivity contribution in [1.82, 2.24) is 0 Å². The second-order valence-corrected chi connectivity index (χ2v) is 4.11. The Bertz CT molecular complexity index is 535. The molecule has 15 heavy (non-hydrogen) atoms. The Kier molecular flexibility index (Phi) is 2.75. The van der Waals surface area contributed by atoms with Crippen LogP contribution in [0.1, 0.15) is 11.1 Å². The predicted octanol–water partition coefficient (Wildman–Crippen LogP) is 4.32. The molecule has 0 saturated carbocycles. The highest BCUT2D eigenvalue weighted by Gasteiger charge is 2.26. The molecule has 4 heteroatoms. The highest BCUT2D eigenvalue weighted by Crippen LogP contribution is 2.46. The Balaban J connectivity index is 2.79. The van der Waals surface area contributed by atoms with Crippen LogP contribution in [0.25, 0.3) is 10.6 Å². The van der Waals surface area contributed by atoms with Crippen LogP contribution in [-0.4, -0.2) is 0 Å². The van der Waals surface area contributed by atoms with E-state index >= 15 is 0 Å². The first-order chi connectivity index (χ1) is 7.16. The molecule has 0 N–H and O–H groups in total. The summed E-state index contributed by atoms with van der Waals surface area (Å²) in [4.78, 5) is 0. The van der Waals surface area contributed by atoms with Gasteiger partial charge in [0.2, 0.25) is 0 Å². The molecule has 1 nitrogen and oxygen atoms in total. The summed E-state index contributed by atoms with van der Waals surface area (Å²) in [6.07, 6.45) is 0. The SMILES string of the molecule is N#C/C(Cl)=C1/C(Cl)=C(Cl)c2ccccc21. The van der Waals surface area contributed by atoms with Crippen molar-refractivity contribution in [3.63, 3.8) is 0 Å². The predicted molar refractivity (Wildman–Crippen MR) is 63.5 cm³/mol. The molecule has 1 aliphatic carbocycles. The molecule has 1 aliphatic rings. The Labute approximate surface area is 102 Å². The van der Waals surface area contributed by atoms with Crippen LogP contribution in [0.4, 0.5) is 0 Å². The Morgan fingerprint density at radius 2 is 1.67 bits per heavy atom. The van der Waals surface area contributed by atoms with Crippen molar-refractivity contribution < 1.29 is 0 Å². The number of rotatable bonds is 0. The molecule has 0 unspecified atom stereocenters. The van der Waals surface area contributed by atoms with Crippen LogP contribution in [-0.2, 0) is 0 Å². The van der Waals surface area contributed by atoms with E-state index in [4.69, 9.17) is 40.1 Å². The van der Waals surface area contributed by atoms with Gasteiger partial charge in [0.1, 0.15) is 11.1 Å². The maximum absolute atomic E-state index is 8.76. The first kappa shape index (κ1) is 10.6. The molecule has 0 aromatic heterocycles. The summed E-state index contributed by atoms with van der Waals surface area (Å²) in [5.74, 6) is 0. The number of hydrogen-bond donors (Lipinski definition) is 0. The average molecular weight is 257 g/mol. The van der Waals surface area contributed by atoms with Gasteiger partial charge in [-0.05, 0) is 5.56 Å². The van der Waals surface area contributed by atoms with Crippen molar-refractivity contribution in [3.05, 3.63) is 45.5 Å². The molecule has 0 saturated heterocycles. The first-order valence-corrected chi connectivity index (χ1v) is 5.25. The maximum Gasteiger partial charge on any atom is 0.127 e. The highest BCUT2D eigenvalue weighted by molar-refractivity contribution is 6.60. The molecule has 0 heterocycles. The van der Waals surface area contributed by atoms with Crippen LogP contribution < -0.4 is 0 Å². The van der Waals surface area contributed by atoms with Gasteiger partial charge in [0.25, 0.3) is 0 Å². The molecule has 0 bridgehead atoms. The van der Waals surface area contributed by atoms with E-state index in [1.54, 1.807) is 0 Å². The fourth-order valence-corrected chi connectivity index (χ4v) is 2.31. The topological polar surface area (TPSA) is 23.8 Å². The second kappa shape index (κ2) is 3.90. The van der Waals surface area contributed by atoms with Crippen LogP contribution >= 0.6 is 34.8 Å². The summed E-state index contributed by atoms with van der Waals surface area (Å²) in [5.41, 5.74) is 2.13.